The molecule has 3 aromatic rings. The molecule has 4 rings (SSSR count). The predicted molar refractivity (Wildman–Crippen MR) is 108 cm³/mol. The van der Waals surface area contributed by atoms with E-state index < -0.39 is 0 Å². The first-order chi connectivity index (χ1) is 12.2. The van der Waals surface area contributed by atoms with Crippen LogP contribution >= 0.6 is 11.6 Å². The van der Waals surface area contributed by atoms with Crippen LogP contribution in [0, 0.1) is 0 Å². The highest BCUT2D eigenvalue weighted by Crippen LogP contribution is 2.36. The summed E-state index contributed by atoms with van der Waals surface area (Å²) < 4.78 is 0. The van der Waals surface area contributed by atoms with Crippen molar-refractivity contribution in [3.63, 3.8) is 0 Å². The zero-order valence-corrected chi connectivity index (χ0v) is 14.3. The van der Waals surface area contributed by atoms with Gasteiger partial charge in [-0.05, 0) is 46.5 Å². The minimum atomic E-state index is 0.741. The second-order valence-corrected chi connectivity index (χ2v) is 6.36. The molecule has 0 unspecified atom stereocenters. The first-order valence-corrected chi connectivity index (χ1v) is 8.49. The Kier molecular flexibility index (Phi) is 4.03. The van der Waals surface area contributed by atoms with Crippen molar-refractivity contribution in [3.8, 4) is 0 Å². The normalized spacial score (nSPS) is 12.0. The Morgan fingerprint density at radius 3 is 2.52 bits per heavy atom. The summed E-state index contributed by atoms with van der Waals surface area (Å²) in [6.07, 6.45) is 6.15. The molecule has 0 aliphatic heterocycles. The third-order valence-electron chi connectivity index (χ3n) is 4.28. The van der Waals surface area contributed by atoms with Crippen LogP contribution < -0.4 is 5.73 Å². The first kappa shape index (κ1) is 15.5. The average molecular weight is 342 g/mol. The van der Waals surface area contributed by atoms with Crippen molar-refractivity contribution in [2.24, 2.45) is 0 Å². The SMILES string of the molecule is Nc1cccc(C=C=C2c3ccccc3C=Cc3c(Cl)cccc32)c1. The highest BCUT2D eigenvalue weighted by molar-refractivity contribution is 6.32. The average Bonchev–Trinajstić information content (AvgIpc) is 2.78. The number of anilines is 1. The van der Waals surface area contributed by atoms with E-state index >= 15 is 0 Å². The van der Waals surface area contributed by atoms with Gasteiger partial charge in [0, 0.05) is 21.8 Å². The van der Waals surface area contributed by atoms with Crippen LogP contribution in [0.5, 0.6) is 0 Å². The van der Waals surface area contributed by atoms with Crippen LogP contribution in [0.2, 0.25) is 5.02 Å². The molecule has 1 nitrogen and oxygen atoms in total. The molecule has 0 aromatic heterocycles. The number of halogens is 1. The molecule has 3 aromatic carbocycles. The Morgan fingerprint density at radius 2 is 1.64 bits per heavy atom. The summed E-state index contributed by atoms with van der Waals surface area (Å²) in [6, 6.07) is 22.1. The summed E-state index contributed by atoms with van der Waals surface area (Å²) in [5, 5.41) is 0.741. The number of benzene rings is 3. The van der Waals surface area contributed by atoms with Gasteiger partial charge in [0.15, 0.2) is 0 Å². The zero-order chi connectivity index (χ0) is 17.2. The van der Waals surface area contributed by atoms with E-state index in [0.717, 1.165) is 44.1 Å². The van der Waals surface area contributed by atoms with Crippen molar-refractivity contribution in [1.82, 2.24) is 0 Å². The molecular weight excluding hydrogens is 326 g/mol. The van der Waals surface area contributed by atoms with Crippen molar-refractivity contribution < 1.29 is 0 Å². The van der Waals surface area contributed by atoms with Gasteiger partial charge in [-0.3, -0.25) is 0 Å². The summed E-state index contributed by atoms with van der Waals surface area (Å²) in [6.45, 7) is 0. The van der Waals surface area contributed by atoms with Crippen molar-refractivity contribution in [2.75, 3.05) is 5.73 Å². The van der Waals surface area contributed by atoms with Gasteiger partial charge in [-0.1, -0.05) is 72.3 Å². The van der Waals surface area contributed by atoms with E-state index in [0.29, 0.717) is 0 Å². The topological polar surface area (TPSA) is 26.0 Å². The lowest BCUT2D eigenvalue weighted by molar-refractivity contribution is 1.53. The van der Waals surface area contributed by atoms with Crippen LogP contribution in [0.25, 0.3) is 23.8 Å². The summed E-state index contributed by atoms with van der Waals surface area (Å²) in [5.41, 5.74) is 16.5. The number of nitrogen functional groups attached to an aromatic ring is 1. The number of fused-ring (bicyclic) bond motifs is 2. The van der Waals surface area contributed by atoms with Crippen LogP contribution in [0.1, 0.15) is 27.8 Å². The molecule has 1 aliphatic rings. The van der Waals surface area contributed by atoms with E-state index in [1.165, 1.54) is 0 Å². The maximum Gasteiger partial charge on any atom is 0.0484 e. The molecule has 0 radical (unpaired) electrons. The molecule has 0 saturated carbocycles. The van der Waals surface area contributed by atoms with E-state index in [9.17, 15) is 0 Å². The van der Waals surface area contributed by atoms with Gasteiger partial charge in [-0.25, -0.2) is 0 Å². The van der Waals surface area contributed by atoms with Crippen LogP contribution in [0.15, 0.2) is 72.5 Å². The van der Waals surface area contributed by atoms with Gasteiger partial charge in [-0.15, -0.1) is 5.73 Å². The Bertz CT molecular complexity index is 1050. The fourth-order valence-electron chi connectivity index (χ4n) is 3.07. The quantitative estimate of drug-likeness (QED) is 0.326. The van der Waals surface area contributed by atoms with Crippen molar-refractivity contribution in [3.05, 3.63) is 105 Å². The maximum absolute atomic E-state index is 6.44. The van der Waals surface area contributed by atoms with Crippen LogP contribution in [0.4, 0.5) is 5.69 Å². The molecular formula is C23H16ClN. The third-order valence-corrected chi connectivity index (χ3v) is 4.61. The molecule has 0 spiro atoms. The Hall–Kier alpha value is -2.99. The smallest absolute Gasteiger partial charge is 0.0484 e. The van der Waals surface area contributed by atoms with Gasteiger partial charge in [0.25, 0.3) is 0 Å². The molecule has 25 heavy (non-hydrogen) atoms. The lowest BCUT2D eigenvalue weighted by atomic mass is 9.94. The largest absolute Gasteiger partial charge is 0.399 e. The lowest BCUT2D eigenvalue weighted by Crippen LogP contribution is -1.91. The summed E-state index contributed by atoms with van der Waals surface area (Å²) in [7, 11) is 0. The van der Waals surface area contributed by atoms with Gasteiger partial charge in [0.05, 0.1) is 0 Å². The molecule has 0 fully saturated rings. The molecule has 0 saturated heterocycles. The lowest BCUT2D eigenvalue weighted by Gasteiger charge is -2.10. The van der Waals surface area contributed by atoms with E-state index in [2.05, 4.69) is 36.1 Å². The Labute approximate surface area is 152 Å². The minimum absolute atomic E-state index is 0.741. The van der Waals surface area contributed by atoms with Gasteiger partial charge >= 0.3 is 0 Å². The molecule has 1 aliphatic carbocycles. The van der Waals surface area contributed by atoms with E-state index in [4.69, 9.17) is 17.3 Å². The number of hydrogen-bond donors (Lipinski definition) is 1. The molecule has 0 heterocycles. The monoisotopic (exact) mass is 341 g/mol. The van der Waals surface area contributed by atoms with Crippen molar-refractivity contribution in [1.29, 1.82) is 0 Å². The minimum Gasteiger partial charge on any atom is -0.399 e. The maximum atomic E-state index is 6.44. The van der Waals surface area contributed by atoms with Gasteiger partial charge in [-0.2, -0.15) is 0 Å². The second kappa shape index (κ2) is 6.49. The number of hydrogen-bond acceptors (Lipinski definition) is 1. The van der Waals surface area contributed by atoms with E-state index in [1.807, 2.05) is 54.6 Å². The fraction of sp³-hybridized carbons (Fsp3) is 0. The van der Waals surface area contributed by atoms with Crippen molar-refractivity contribution >= 4 is 41.1 Å². The van der Waals surface area contributed by atoms with E-state index in [1.54, 1.807) is 0 Å². The van der Waals surface area contributed by atoms with E-state index in [-0.39, 0.29) is 0 Å². The zero-order valence-electron chi connectivity index (χ0n) is 13.5. The molecule has 0 atom stereocenters. The molecule has 2 heteroatoms. The molecule has 0 bridgehead atoms. The fourth-order valence-corrected chi connectivity index (χ4v) is 3.31. The summed E-state index contributed by atoms with van der Waals surface area (Å²) in [4.78, 5) is 0. The molecule has 2 N–H and O–H groups in total. The highest BCUT2D eigenvalue weighted by atomic mass is 35.5. The first-order valence-electron chi connectivity index (χ1n) is 8.11. The standard InChI is InChI=1S/C23H16ClN/c24-23-10-4-9-20-21(13-11-16-5-3-7-18(25)15-16)19-8-2-1-6-17(19)12-14-22(20)23/h1-12,14-15H,25H2. The van der Waals surface area contributed by atoms with Gasteiger partial charge in [0.2, 0.25) is 0 Å². The number of nitrogens with two attached hydrogens (primary N) is 1. The summed E-state index contributed by atoms with van der Waals surface area (Å²) >= 11 is 6.44. The van der Waals surface area contributed by atoms with Crippen LogP contribution in [-0.2, 0) is 0 Å². The second-order valence-electron chi connectivity index (χ2n) is 5.96. The Morgan fingerprint density at radius 1 is 0.840 bits per heavy atom. The Balaban J connectivity index is 1.99. The molecule has 120 valence electrons. The van der Waals surface area contributed by atoms with Crippen LogP contribution in [0.3, 0.4) is 0 Å². The van der Waals surface area contributed by atoms with Crippen LogP contribution in [-0.4, -0.2) is 0 Å². The van der Waals surface area contributed by atoms with Gasteiger partial charge < -0.3 is 5.73 Å². The number of rotatable bonds is 1. The molecule has 0 amide bonds. The predicted octanol–water partition coefficient (Wildman–Crippen LogP) is 6.15. The highest BCUT2D eigenvalue weighted by Gasteiger charge is 2.16. The third kappa shape index (κ3) is 3.04. The summed E-state index contributed by atoms with van der Waals surface area (Å²) in [5.74, 6) is 0. The van der Waals surface area contributed by atoms with Crippen molar-refractivity contribution in [2.45, 2.75) is 0 Å². The van der Waals surface area contributed by atoms with Gasteiger partial charge in [0.1, 0.15) is 0 Å².